The maximum absolute atomic E-state index is 10.6. The third-order valence-electron chi connectivity index (χ3n) is 2.40. The van der Waals surface area contributed by atoms with Crippen molar-refractivity contribution < 1.29 is 10.0 Å². The van der Waals surface area contributed by atoms with Crippen LogP contribution in [-0.4, -0.2) is 15.0 Å². The van der Waals surface area contributed by atoms with Crippen molar-refractivity contribution in [2.24, 2.45) is 0 Å². The molecule has 5 nitrogen and oxygen atoms in total. The second-order valence-corrected chi connectivity index (χ2v) is 3.65. The molecule has 1 aromatic carbocycles. The van der Waals surface area contributed by atoms with Gasteiger partial charge in [0.05, 0.1) is 4.92 Å². The molecule has 17 heavy (non-hydrogen) atoms. The second-order valence-electron chi connectivity index (χ2n) is 3.65. The van der Waals surface area contributed by atoms with Gasteiger partial charge in [0, 0.05) is 18.0 Å². The van der Waals surface area contributed by atoms with E-state index in [2.05, 4.69) is 4.98 Å². The number of pyridine rings is 1. The fraction of sp³-hybridized carbons (Fsp3) is 0.0833. The number of rotatable bonds is 2. The molecule has 5 heteroatoms. The highest BCUT2D eigenvalue weighted by Gasteiger charge is 2.13. The van der Waals surface area contributed by atoms with E-state index in [0.717, 1.165) is 16.8 Å². The lowest BCUT2D eigenvalue weighted by atomic mass is 10.1. The summed E-state index contributed by atoms with van der Waals surface area (Å²) < 4.78 is 0. The van der Waals surface area contributed by atoms with Crippen molar-refractivity contribution >= 4 is 5.69 Å². The molecule has 0 saturated carbocycles. The van der Waals surface area contributed by atoms with Crippen LogP contribution in [-0.2, 0) is 0 Å². The summed E-state index contributed by atoms with van der Waals surface area (Å²) in [6.45, 7) is 1.86. The molecule has 2 aromatic rings. The van der Waals surface area contributed by atoms with Gasteiger partial charge in [-0.25, -0.2) is 0 Å². The third-order valence-corrected chi connectivity index (χ3v) is 2.40. The van der Waals surface area contributed by atoms with Crippen molar-refractivity contribution in [1.29, 1.82) is 0 Å². The minimum Gasteiger partial charge on any atom is -0.502 e. The van der Waals surface area contributed by atoms with E-state index in [1.807, 2.05) is 13.0 Å². The van der Waals surface area contributed by atoms with E-state index >= 15 is 0 Å². The average Bonchev–Trinajstić information content (AvgIpc) is 2.28. The lowest BCUT2D eigenvalue weighted by Gasteiger charge is -2.03. The molecule has 0 amide bonds. The molecule has 86 valence electrons. The first-order valence-electron chi connectivity index (χ1n) is 4.98. The van der Waals surface area contributed by atoms with Gasteiger partial charge in [0.1, 0.15) is 0 Å². The Bertz CT molecular complexity index is 582. The summed E-state index contributed by atoms with van der Waals surface area (Å²) in [6, 6.07) is 7.91. The van der Waals surface area contributed by atoms with Crippen LogP contribution in [0.25, 0.3) is 11.1 Å². The fourth-order valence-electron chi connectivity index (χ4n) is 1.58. The molecule has 0 unspecified atom stereocenters. The van der Waals surface area contributed by atoms with Gasteiger partial charge in [-0.05, 0) is 42.3 Å². The van der Waals surface area contributed by atoms with Gasteiger partial charge in [-0.3, -0.25) is 15.1 Å². The van der Waals surface area contributed by atoms with Gasteiger partial charge in [-0.2, -0.15) is 0 Å². The Morgan fingerprint density at radius 2 is 1.94 bits per heavy atom. The zero-order chi connectivity index (χ0) is 12.4. The highest BCUT2D eigenvalue weighted by Crippen LogP contribution is 2.31. The predicted molar refractivity (Wildman–Crippen MR) is 62.7 cm³/mol. The predicted octanol–water partition coefficient (Wildman–Crippen LogP) is 2.67. The van der Waals surface area contributed by atoms with Gasteiger partial charge in [0.25, 0.3) is 0 Å². The molecule has 1 aromatic heterocycles. The number of aromatic nitrogens is 1. The Morgan fingerprint density at radius 1 is 1.24 bits per heavy atom. The van der Waals surface area contributed by atoms with Crippen molar-refractivity contribution in [3.05, 3.63) is 52.3 Å². The first kappa shape index (κ1) is 11.1. The number of hydrogen-bond donors (Lipinski definition) is 1. The summed E-state index contributed by atoms with van der Waals surface area (Å²) in [7, 11) is 0. The van der Waals surface area contributed by atoms with Crippen LogP contribution in [0, 0.1) is 17.0 Å². The standard InChI is InChI=1S/C12H10N2O3/c1-8-6-10(4-5-13-8)9-2-3-11(14(16)17)12(15)7-9/h2-7,15H,1H3. The highest BCUT2D eigenvalue weighted by atomic mass is 16.6. The monoisotopic (exact) mass is 230 g/mol. The van der Waals surface area contributed by atoms with E-state index in [1.54, 1.807) is 18.3 Å². The molecule has 0 spiro atoms. The average molecular weight is 230 g/mol. The molecule has 1 heterocycles. The summed E-state index contributed by atoms with van der Waals surface area (Å²) in [5.41, 5.74) is 2.14. The van der Waals surface area contributed by atoms with Crippen LogP contribution in [0.1, 0.15) is 5.69 Å². The number of nitro benzene ring substituents is 1. The molecule has 2 rings (SSSR count). The molecule has 0 fully saturated rings. The van der Waals surface area contributed by atoms with Crippen LogP contribution < -0.4 is 0 Å². The Morgan fingerprint density at radius 3 is 2.53 bits per heavy atom. The number of nitro groups is 1. The molecule has 0 saturated heterocycles. The van der Waals surface area contributed by atoms with Crippen LogP contribution in [0.15, 0.2) is 36.5 Å². The van der Waals surface area contributed by atoms with E-state index < -0.39 is 4.92 Å². The van der Waals surface area contributed by atoms with Crippen LogP contribution in [0.4, 0.5) is 5.69 Å². The maximum Gasteiger partial charge on any atom is 0.310 e. The van der Waals surface area contributed by atoms with E-state index in [4.69, 9.17) is 0 Å². The molecular formula is C12H10N2O3. The fourth-order valence-corrected chi connectivity index (χ4v) is 1.58. The van der Waals surface area contributed by atoms with Gasteiger partial charge >= 0.3 is 5.69 Å². The lowest BCUT2D eigenvalue weighted by molar-refractivity contribution is -0.385. The van der Waals surface area contributed by atoms with Crippen molar-refractivity contribution in [2.75, 3.05) is 0 Å². The highest BCUT2D eigenvalue weighted by molar-refractivity contribution is 5.68. The van der Waals surface area contributed by atoms with Crippen LogP contribution in [0.3, 0.4) is 0 Å². The first-order valence-corrected chi connectivity index (χ1v) is 4.98. The molecule has 0 aliphatic carbocycles. The van der Waals surface area contributed by atoms with Crippen molar-refractivity contribution in [3.8, 4) is 16.9 Å². The van der Waals surface area contributed by atoms with Crippen molar-refractivity contribution in [2.45, 2.75) is 6.92 Å². The Kier molecular flexibility index (Phi) is 2.74. The van der Waals surface area contributed by atoms with Crippen LogP contribution in [0.5, 0.6) is 5.75 Å². The molecule has 0 aliphatic rings. The van der Waals surface area contributed by atoms with Crippen LogP contribution >= 0.6 is 0 Å². The molecule has 0 atom stereocenters. The van der Waals surface area contributed by atoms with Gasteiger partial charge in [-0.1, -0.05) is 0 Å². The normalized spacial score (nSPS) is 10.2. The molecule has 0 radical (unpaired) electrons. The van der Waals surface area contributed by atoms with Gasteiger partial charge < -0.3 is 5.11 Å². The van der Waals surface area contributed by atoms with Gasteiger partial charge in [-0.15, -0.1) is 0 Å². The number of hydrogen-bond acceptors (Lipinski definition) is 4. The number of nitrogens with zero attached hydrogens (tertiary/aromatic N) is 2. The molecule has 0 bridgehead atoms. The third kappa shape index (κ3) is 2.23. The number of aromatic hydroxyl groups is 1. The van der Waals surface area contributed by atoms with E-state index in [-0.39, 0.29) is 11.4 Å². The minimum atomic E-state index is -0.614. The van der Waals surface area contributed by atoms with E-state index in [1.165, 1.54) is 12.1 Å². The minimum absolute atomic E-state index is 0.292. The van der Waals surface area contributed by atoms with Crippen molar-refractivity contribution in [1.82, 2.24) is 4.98 Å². The molecule has 0 aliphatic heterocycles. The van der Waals surface area contributed by atoms with E-state index in [9.17, 15) is 15.2 Å². The van der Waals surface area contributed by atoms with Crippen molar-refractivity contribution in [3.63, 3.8) is 0 Å². The first-order chi connectivity index (χ1) is 8.08. The lowest BCUT2D eigenvalue weighted by Crippen LogP contribution is -1.89. The summed E-state index contributed by atoms with van der Waals surface area (Å²) in [5.74, 6) is -0.332. The summed E-state index contributed by atoms with van der Waals surface area (Å²) in [5, 5.41) is 20.1. The smallest absolute Gasteiger partial charge is 0.310 e. The number of phenolic OH excluding ortho intramolecular Hbond substituents is 1. The summed E-state index contributed by atoms with van der Waals surface area (Å²) in [6.07, 6.45) is 1.66. The largest absolute Gasteiger partial charge is 0.502 e. The van der Waals surface area contributed by atoms with E-state index in [0.29, 0.717) is 0 Å². The maximum atomic E-state index is 10.6. The van der Waals surface area contributed by atoms with Gasteiger partial charge in [0.2, 0.25) is 0 Å². The topological polar surface area (TPSA) is 76.3 Å². The number of benzene rings is 1. The Hall–Kier alpha value is -2.43. The SMILES string of the molecule is Cc1cc(-c2ccc([N+](=O)[O-])c(O)c2)ccn1. The summed E-state index contributed by atoms with van der Waals surface area (Å²) in [4.78, 5) is 14.0. The zero-order valence-corrected chi connectivity index (χ0v) is 9.12. The molecule has 1 N–H and O–H groups in total. The second kappa shape index (κ2) is 4.21. The quantitative estimate of drug-likeness (QED) is 0.635. The number of aryl methyl sites for hydroxylation is 1. The zero-order valence-electron chi connectivity index (χ0n) is 9.12. The Balaban J connectivity index is 2.48. The number of phenols is 1. The van der Waals surface area contributed by atoms with Crippen LogP contribution in [0.2, 0.25) is 0 Å². The Labute approximate surface area is 97.5 Å². The van der Waals surface area contributed by atoms with Gasteiger partial charge in [0.15, 0.2) is 5.75 Å². The molecular weight excluding hydrogens is 220 g/mol. The summed E-state index contributed by atoms with van der Waals surface area (Å²) >= 11 is 0.